The Morgan fingerprint density at radius 3 is 2.50 bits per heavy atom. The summed E-state index contributed by atoms with van der Waals surface area (Å²) in [4.78, 5) is 27.9. The van der Waals surface area contributed by atoms with E-state index in [1.165, 1.54) is 37.2 Å². The molecule has 1 saturated heterocycles. The smallest absolute Gasteiger partial charge is 0.272 e. The van der Waals surface area contributed by atoms with Crippen LogP contribution < -0.4 is 10.2 Å². The van der Waals surface area contributed by atoms with Crippen molar-refractivity contribution in [3.8, 4) is 0 Å². The number of aromatic amines is 1. The molecule has 0 radical (unpaired) electrons. The summed E-state index contributed by atoms with van der Waals surface area (Å²) in [5.41, 5.74) is 2.78. The number of rotatable bonds is 4. The van der Waals surface area contributed by atoms with Crippen LogP contribution in [0, 0.1) is 0 Å². The fourth-order valence-electron chi connectivity index (χ4n) is 2.72. The van der Waals surface area contributed by atoms with E-state index in [9.17, 15) is 9.59 Å². The Hall–Kier alpha value is -2.56. The van der Waals surface area contributed by atoms with Gasteiger partial charge < -0.3 is 15.2 Å². The first-order valence-corrected chi connectivity index (χ1v) is 7.56. The molecule has 2 N–H and O–H groups in total. The molecule has 5 heteroatoms. The standard InChI is InChI=1S/C17H19N3O2/c21-12-13-10-16(18-11-13)17(22)19-14-4-6-15(7-5-14)20-8-2-1-3-9-20/h4-7,10-12,18H,1-3,8-9H2,(H,19,22). The largest absolute Gasteiger partial charge is 0.372 e. The van der Waals surface area contributed by atoms with Crippen LogP contribution in [0.1, 0.15) is 40.1 Å². The summed E-state index contributed by atoms with van der Waals surface area (Å²) in [6.07, 6.45) is 6.01. The van der Waals surface area contributed by atoms with Crippen LogP contribution in [0.2, 0.25) is 0 Å². The summed E-state index contributed by atoms with van der Waals surface area (Å²) in [7, 11) is 0. The van der Waals surface area contributed by atoms with Gasteiger partial charge in [-0.25, -0.2) is 0 Å². The quantitative estimate of drug-likeness (QED) is 0.852. The van der Waals surface area contributed by atoms with Gasteiger partial charge in [0.05, 0.1) is 0 Å². The van der Waals surface area contributed by atoms with Gasteiger partial charge in [0, 0.05) is 36.2 Å². The molecule has 1 fully saturated rings. The Balaban J connectivity index is 1.65. The minimum absolute atomic E-state index is 0.251. The molecular formula is C17H19N3O2. The van der Waals surface area contributed by atoms with E-state index in [0.29, 0.717) is 17.5 Å². The lowest BCUT2D eigenvalue weighted by Crippen LogP contribution is -2.29. The molecule has 1 aromatic carbocycles. The molecule has 0 bridgehead atoms. The molecule has 2 aromatic rings. The van der Waals surface area contributed by atoms with Crippen LogP contribution in [0.3, 0.4) is 0 Å². The normalized spacial score (nSPS) is 14.6. The Labute approximate surface area is 129 Å². The van der Waals surface area contributed by atoms with Crippen LogP contribution in [0.15, 0.2) is 36.5 Å². The number of hydrogen-bond donors (Lipinski definition) is 2. The van der Waals surface area contributed by atoms with E-state index < -0.39 is 0 Å². The van der Waals surface area contributed by atoms with Crippen LogP contribution >= 0.6 is 0 Å². The van der Waals surface area contributed by atoms with Gasteiger partial charge in [-0.1, -0.05) is 0 Å². The average Bonchev–Trinajstić information content (AvgIpc) is 3.06. The minimum Gasteiger partial charge on any atom is -0.372 e. The molecule has 114 valence electrons. The molecule has 1 aliphatic heterocycles. The number of carbonyl (C=O) groups excluding carboxylic acids is 2. The molecule has 1 aliphatic rings. The first kappa shape index (κ1) is 14.4. The lowest BCUT2D eigenvalue weighted by molar-refractivity contribution is 0.102. The topological polar surface area (TPSA) is 65.2 Å². The molecule has 0 unspecified atom stereocenters. The summed E-state index contributed by atoms with van der Waals surface area (Å²) >= 11 is 0. The van der Waals surface area contributed by atoms with Crippen LogP contribution in [-0.4, -0.2) is 30.3 Å². The number of amides is 1. The average molecular weight is 297 g/mol. The van der Waals surface area contributed by atoms with Crippen LogP contribution in [-0.2, 0) is 0 Å². The molecule has 0 saturated carbocycles. The van der Waals surface area contributed by atoms with Crippen molar-refractivity contribution in [3.05, 3.63) is 47.8 Å². The number of piperidine rings is 1. The van der Waals surface area contributed by atoms with E-state index >= 15 is 0 Å². The number of carbonyl (C=O) groups is 2. The second-order valence-electron chi connectivity index (χ2n) is 5.51. The van der Waals surface area contributed by atoms with Crippen LogP contribution in [0.5, 0.6) is 0 Å². The fraction of sp³-hybridized carbons (Fsp3) is 0.294. The summed E-state index contributed by atoms with van der Waals surface area (Å²) in [5, 5.41) is 2.82. The number of aldehydes is 1. The molecule has 2 heterocycles. The second kappa shape index (κ2) is 6.47. The molecule has 1 aromatic heterocycles. The maximum absolute atomic E-state index is 12.1. The maximum Gasteiger partial charge on any atom is 0.272 e. The molecule has 5 nitrogen and oxygen atoms in total. The summed E-state index contributed by atoms with van der Waals surface area (Å²) in [5.74, 6) is -0.251. The Morgan fingerprint density at radius 2 is 1.86 bits per heavy atom. The van der Waals surface area contributed by atoms with Crippen molar-refractivity contribution in [1.82, 2.24) is 4.98 Å². The van der Waals surface area contributed by atoms with Crippen molar-refractivity contribution < 1.29 is 9.59 Å². The summed E-state index contributed by atoms with van der Waals surface area (Å²) in [6.45, 7) is 2.20. The predicted octanol–water partition coefficient (Wildman–Crippen LogP) is 3.07. The number of H-pyrrole nitrogens is 1. The highest BCUT2D eigenvalue weighted by Crippen LogP contribution is 2.22. The number of hydrogen-bond acceptors (Lipinski definition) is 3. The van der Waals surface area contributed by atoms with Crippen LogP contribution in [0.4, 0.5) is 11.4 Å². The monoisotopic (exact) mass is 297 g/mol. The van der Waals surface area contributed by atoms with Gasteiger partial charge in [0.15, 0.2) is 6.29 Å². The lowest BCUT2D eigenvalue weighted by Gasteiger charge is -2.28. The number of benzene rings is 1. The first-order valence-electron chi connectivity index (χ1n) is 7.56. The van der Waals surface area contributed by atoms with Gasteiger partial charge in [0.25, 0.3) is 5.91 Å². The van der Waals surface area contributed by atoms with Crippen molar-refractivity contribution in [1.29, 1.82) is 0 Å². The van der Waals surface area contributed by atoms with Gasteiger partial charge in [-0.05, 0) is 49.6 Å². The SMILES string of the molecule is O=Cc1c[nH]c(C(=O)Nc2ccc(N3CCCCC3)cc2)c1. The third-order valence-electron chi connectivity index (χ3n) is 3.93. The van der Waals surface area contributed by atoms with Gasteiger partial charge in [0.2, 0.25) is 0 Å². The summed E-state index contributed by atoms with van der Waals surface area (Å²) in [6, 6.07) is 9.42. The van der Waals surface area contributed by atoms with E-state index in [2.05, 4.69) is 15.2 Å². The zero-order chi connectivity index (χ0) is 15.4. The zero-order valence-corrected chi connectivity index (χ0v) is 12.3. The molecule has 22 heavy (non-hydrogen) atoms. The van der Waals surface area contributed by atoms with E-state index in [1.807, 2.05) is 24.3 Å². The minimum atomic E-state index is -0.251. The number of nitrogens with zero attached hydrogens (tertiary/aromatic N) is 1. The van der Waals surface area contributed by atoms with E-state index in [1.54, 1.807) is 0 Å². The molecule has 0 atom stereocenters. The fourth-order valence-corrected chi connectivity index (χ4v) is 2.72. The molecular weight excluding hydrogens is 278 g/mol. The van der Waals surface area contributed by atoms with Gasteiger partial charge in [-0.2, -0.15) is 0 Å². The lowest BCUT2D eigenvalue weighted by atomic mass is 10.1. The van der Waals surface area contributed by atoms with Crippen molar-refractivity contribution in [2.45, 2.75) is 19.3 Å². The highest BCUT2D eigenvalue weighted by molar-refractivity contribution is 6.03. The molecule has 0 spiro atoms. The van der Waals surface area contributed by atoms with E-state index in [-0.39, 0.29) is 5.91 Å². The first-order chi connectivity index (χ1) is 10.8. The second-order valence-corrected chi connectivity index (χ2v) is 5.51. The van der Waals surface area contributed by atoms with Crippen molar-refractivity contribution in [3.63, 3.8) is 0 Å². The zero-order valence-electron chi connectivity index (χ0n) is 12.3. The maximum atomic E-state index is 12.1. The Bertz CT molecular complexity index is 655. The molecule has 3 rings (SSSR count). The number of anilines is 2. The Morgan fingerprint density at radius 1 is 1.14 bits per heavy atom. The third-order valence-corrected chi connectivity index (χ3v) is 3.93. The van der Waals surface area contributed by atoms with Gasteiger partial charge in [-0.3, -0.25) is 9.59 Å². The number of nitrogens with one attached hydrogen (secondary N) is 2. The molecule has 1 amide bonds. The predicted molar refractivity (Wildman–Crippen MR) is 86.6 cm³/mol. The van der Waals surface area contributed by atoms with Crippen LogP contribution in [0.25, 0.3) is 0 Å². The third kappa shape index (κ3) is 3.19. The van der Waals surface area contributed by atoms with E-state index in [4.69, 9.17) is 0 Å². The van der Waals surface area contributed by atoms with Crippen molar-refractivity contribution >= 4 is 23.6 Å². The molecule has 0 aliphatic carbocycles. The van der Waals surface area contributed by atoms with Crippen molar-refractivity contribution in [2.75, 3.05) is 23.3 Å². The van der Waals surface area contributed by atoms with Gasteiger partial charge >= 0.3 is 0 Å². The Kier molecular flexibility index (Phi) is 4.23. The van der Waals surface area contributed by atoms with Crippen molar-refractivity contribution in [2.24, 2.45) is 0 Å². The van der Waals surface area contributed by atoms with Gasteiger partial charge in [0.1, 0.15) is 5.69 Å². The van der Waals surface area contributed by atoms with Gasteiger partial charge in [-0.15, -0.1) is 0 Å². The summed E-state index contributed by atoms with van der Waals surface area (Å²) < 4.78 is 0. The highest BCUT2D eigenvalue weighted by Gasteiger charge is 2.12. The number of aromatic nitrogens is 1. The highest BCUT2D eigenvalue weighted by atomic mass is 16.2. The van der Waals surface area contributed by atoms with E-state index in [0.717, 1.165) is 18.8 Å².